The first-order chi connectivity index (χ1) is 12.8. The van der Waals surface area contributed by atoms with Gasteiger partial charge >= 0.3 is 0 Å². The molecule has 5 rings (SSSR count). The fourth-order valence-electron chi connectivity index (χ4n) is 3.52. The van der Waals surface area contributed by atoms with Crippen LogP contribution in [0.25, 0.3) is 33.3 Å². The van der Waals surface area contributed by atoms with Gasteiger partial charge in [-0.2, -0.15) is 0 Å². The highest BCUT2D eigenvalue weighted by Crippen LogP contribution is 2.36. The molecule has 0 N–H and O–H groups in total. The number of anilines is 1. The van der Waals surface area contributed by atoms with E-state index in [-0.39, 0.29) is 5.43 Å². The number of morpholine rings is 1. The number of fused-ring (bicyclic) bond motifs is 3. The number of hydrogen-bond donors (Lipinski definition) is 0. The molecule has 1 aliphatic heterocycles. The van der Waals surface area contributed by atoms with E-state index in [9.17, 15) is 4.79 Å². The lowest BCUT2D eigenvalue weighted by molar-refractivity contribution is 0.120. The van der Waals surface area contributed by atoms with Crippen molar-refractivity contribution in [2.24, 2.45) is 0 Å². The van der Waals surface area contributed by atoms with Crippen LogP contribution in [0.5, 0.6) is 0 Å². The molecule has 0 amide bonds. The topological polar surface area (TPSA) is 55.8 Å². The summed E-state index contributed by atoms with van der Waals surface area (Å²) in [7, 11) is 0. The average molecular weight is 347 g/mol. The molecule has 0 radical (unpaired) electrons. The summed E-state index contributed by atoms with van der Waals surface area (Å²) < 4.78 is 17.5. The summed E-state index contributed by atoms with van der Waals surface area (Å²) in [4.78, 5) is 14.4. The molecule has 0 aliphatic carbocycles. The van der Waals surface area contributed by atoms with Gasteiger partial charge in [0.1, 0.15) is 16.9 Å². The average Bonchev–Trinajstić information content (AvgIpc) is 3.07. The molecule has 26 heavy (non-hydrogen) atoms. The molecule has 4 aromatic rings. The summed E-state index contributed by atoms with van der Waals surface area (Å²) in [5, 5.41) is 1.97. The van der Waals surface area contributed by atoms with Gasteiger partial charge in [-0.25, -0.2) is 0 Å². The highest BCUT2D eigenvalue weighted by Gasteiger charge is 2.18. The normalized spacial score (nSPS) is 15.0. The minimum absolute atomic E-state index is 0.0717. The maximum atomic E-state index is 12.3. The Balaban J connectivity index is 1.73. The van der Waals surface area contributed by atoms with Crippen LogP contribution in [-0.2, 0) is 4.74 Å². The maximum Gasteiger partial charge on any atom is 0.200 e. The molecular formula is C21H17NO4. The number of benzene rings is 2. The third-order valence-electron chi connectivity index (χ3n) is 4.74. The molecule has 1 saturated heterocycles. The number of para-hydroxylation sites is 1. The Kier molecular flexibility index (Phi) is 3.53. The van der Waals surface area contributed by atoms with Crippen molar-refractivity contribution in [3.63, 3.8) is 0 Å². The zero-order valence-electron chi connectivity index (χ0n) is 14.1. The van der Waals surface area contributed by atoms with Gasteiger partial charge in [0.25, 0.3) is 0 Å². The Bertz CT molecular complexity index is 1150. The third kappa shape index (κ3) is 2.48. The molecule has 3 heterocycles. The lowest BCUT2D eigenvalue weighted by Crippen LogP contribution is -2.36. The third-order valence-corrected chi connectivity index (χ3v) is 4.74. The van der Waals surface area contributed by atoms with Gasteiger partial charge in [-0.1, -0.05) is 30.3 Å². The second-order valence-electron chi connectivity index (χ2n) is 6.37. The van der Waals surface area contributed by atoms with Crippen LogP contribution in [0.15, 0.2) is 68.2 Å². The highest BCUT2D eigenvalue weighted by atomic mass is 16.5. The second-order valence-corrected chi connectivity index (χ2v) is 6.37. The Labute approximate surface area is 149 Å². The van der Waals surface area contributed by atoms with Crippen LogP contribution >= 0.6 is 0 Å². The van der Waals surface area contributed by atoms with Crippen molar-refractivity contribution < 1.29 is 13.6 Å². The lowest BCUT2D eigenvalue weighted by atomic mass is 10.0. The molecule has 0 atom stereocenters. The van der Waals surface area contributed by atoms with Crippen LogP contribution < -0.4 is 10.3 Å². The smallest absolute Gasteiger partial charge is 0.200 e. The second kappa shape index (κ2) is 6.04. The van der Waals surface area contributed by atoms with Gasteiger partial charge in [0.15, 0.2) is 11.3 Å². The molecule has 0 unspecified atom stereocenters. The van der Waals surface area contributed by atoms with Gasteiger partial charge in [-0.15, -0.1) is 0 Å². The fraction of sp³-hybridized carbons (Fsp3) is 0.190. The van der Waals surface area contributed by atoms with E-state index in [0.717, 1.165) is 27.5 Å². The predicted molar refractivity (Wildman–Crippen MR) is 101 cm³/mol. The Hall–Kier alpha value is -3.05. The van der Waals surface area contributed by atoms with E-state index < -0.39 is 0 Å². The maximum absolute atomic E-state index is 12.3. The molecule has 5 nitrogen and oxygen atoms in total. The minimum Gasteiger partial charge on any atom is -0.456 e. The number of nitrogens with zero attached hydrogens (tertiary/aromatic N) is 1. The summed E-state index contributed by atoms with van der Waals surface area (Å²) in [6.07, 6.45) is 0. The molecule has 2 aromatic heterocycles. The van der Waals surface area contributed by atoms with Crippen molar-refractivity contribution in [3.05, 3.63) is 64.8 Å². The first kappa shape index (κ1) is 15.2. The SMILES string of the molecule is O=c1cc(-c2cccc3oc4ccccc4c23)oc(N2CCOCC2)c1. The molecule has 1 fully saturated rings. The van der Waals surface area contributed by atoms with Crippen molar-refractivity contribution in [1.29, 1.82) is 0 Å². The van der Waals surface area contributed by atoms with Crippen LogP contribution in [0, 0.1) is 0 Å². The van der Waals surface area contributed by atoms with Crippen molar-refractivity contribution in [3.8, 4) is 11.3 Å². The first-order valence-corrected chi connectivity index (χ1v) is 8.68. The van der Waals surface area contributed by atoms with Crippen molar-refractivity contribution in [2.75, 3.05) is 31.2 Å². The first-order valence-electron chi connectivity index (χ1n) is 8.68. The highest BCUT2D eigenvalue weighted by molar-refractivity contribution is 6.11. The van der Waals surface area contributed by atoms with Crippen LogP contribution in [0.4, 0.5) is 5.88 Å². The number of rotatable bonds is 2. The molecule has 0 saturated carbocycles. The van der Waals surface area contributed by atoms with E-state index in [1.807, 2.05) is 47.4 Å². The van der Waals surface area contributed by atoms with Crippen LogP contribution in [0.2, 0.25) is 0 Å². The van der Waals surface area contributed by atoms with E-state index in [4.69, 9.17) is 13.6 Å². The fourth-order valence-corrected chi connectivity index (χ4v) is 3.52. The summed E-state index contributed by atoms with van der Waals surface area (Å²) in [5.74, 6) is 1.14. The summed E-state index contributed by atoms with van der Waals surface area (Å²) in [5.41, 5.74) is 2.39. The van der Waals surface area contributed by atoms with E-state index in [2.05, 4.69) is 0 Å². The van der Waals surface area contributed by atoms with Gasteiger partial charge in [0, 0.05) is 41.6 Å². The van der Waals surface area contributed by atoms with Gasteiger partial charge in [-0.3, -0.25) is 4.79 Å². The van der Waals surface area contributed by atoms with Crippen molar-refractivity contribution in [2.45, 2.75) is 0 Å². The van der Waals surface area contributed by atoms with Gasteiger partial charge < -0.3 is 18.5 Å². The number of hydrogen-bond acceptors (Lipinski definition) is 5. The van der Waals surface area contributed by atoms with Gasteiger partial charge in [0.05, 0.1) is 13.2 Å². The Morgan fingerprint density at radius 2 is 1.65 bits per heavy atom. The molecule has 0 bridgehead atoms. The molecule has 0 spiro atoms. The Morgan fingerprint density at radius 1 is 0.846 bits per heavy atom. The van der Waals surface area contributed by atoms with Gasteiger partial charge in [0.2, 0.25) is 0 Å². The standard InChI is InChI=1S/C21H17NO4/c23-14-12-19(26-20(13-14)22-8-10-24-11-9-22)16-5-3-7-18-21(16)15-4-1-2-6-17(15)25-18/h1-7,12-13H,8-11H2. The lowest BCUT2D eigenvalue weighted by Gasteiger charge is -2.27. The number of ether oxygens (including phenoxy) is 1. The zero-order valence-corrected chi connectivity index (χ0v) is 14.1. The largest absolute Gasteiger partial charge is 0.456 e. The van der Waals surface area contributed by atoms with E-state index in [1.165, 1.54) is 0 Å². The van der Waals surface area contributed by atoms with Crippen molar-refractivity contribution in [1.82, 2.24) is 0 Å². The summed E-state index contributed by atoms with van der Waals surface area (Å²) >= 11 is 0. The van der Waals surface area contributed by atoms with Crippen LogP contribution in [0.1, 0.15) is 0 Å². The monoisotopic (exact) mass is 347 g/mol. The van der Waals surface area contributed by atoms with Gasteiger partial charge in [-0.05, 0) is 12.1 Å². The molecule has 1 aliphatic rings. The Morgan fingerprint density at radius 3 is 2.54 bits per heavy atom. The van der Waals surface area contributed by atoms with E-state index in [1.54, 1.807) is 12.1 Å². The number of furan rings is 1. The van der Waals surface area contributed by atoms with E-state index in [0.29, 0.717) is 37.9 Å². The van der Waals surface area contributed by atoms with Crippen molar-refractivity contribution >= 4 is 27.8 Å². The van der Waals surface area contributed by atoms with Crippen LogP contribution in [-0.4, -0.2) is 26.3 Å². The summed E-state index contributed by atoms with van der Waals surface area (Å²) in [6, 6.07) is 16.8. The molecule has 130 valence electrons. The zero-order chi connectivity index (χ0) is 17.5. The molecular weight excluding hydrogens is 330 g/mol. The summed E-state index contributed by atoms with van der Waals surface area (Å²) in [6.45, 7) is 2.70. The van der Waals surface area contributed by atoms with E-state index >= 15 is 0 Å². The molecule has 5 heteroatoms. The quantitative estimate of drug-likeness (QED) is 0.548. The minimum atomic E-state index is -0.0717. The van der Waals surface area contributed by atoms with Crippen LogP contribution in [0.3, 0.4) is 0 Å². The predicted octanol–water partition coefficient (Wildman–Crippen LogP) is 4.04. The molecule has 2 aromatic carbocycles.